The maximum Gasteiger partial charge on any atom is 0.293 e. The zero-order valence-electron chi connectivity index (χ0n) is 13.4. The molecular weight excluding hydrogens is 299 g/mol. The third-order valence-electron chi connectivity index (χ3n) is 3.90. The fourth-order valence-corrected chi connectivity index (χ4v) is 2.62. The van der Waals surface area contributed by atoms with Crippen LogP contribution in [-0.4, -0.2) is 50.9 Å². The number of benzene rings is 1. The quantitative estimate of drug-likeness (QED) is 0.849. The second-order valence-corrected chi connectivity index (χ2v) is 5.82. The zero-order valence-corrected chi connectivity index (χ0v) is 13.4. The highest BCUT2D eigenvalue weighted by Crippen LogP contribution is 2.16. The van der Waals surface area contributed by atoms with Crippen LogP contribution in [0.4, 0.5) is 4.39 Å². The molecule has 2 aromatic rings. The summed E-state index contributed by atoms with van der Waals surface area (Å²) in [7, 11) is 0. The van der Waals surface area contributed by atoms with Crippen molar-refractivity contribution in [2.45, 2.75) is 32.9 Å². The van der Waals surface area contributed by atoms with E-state index in [0.717, 1.165) is 0 Å². The SMILES string of the molecule is Cc1nc(C(=O)N2C[C@@H](C)OC[C@@H]2C)nn1-c1ccc(F)cc1. The van der Waals surface area contributed by atoms with Gasteiger partial charge in [-0.2, -0.15) is 0 Å². The van der Waals surface area contributed by atoms with Crippen LogP contribution < -0.4 is 0 Å². The largest absolute Gasteiger partial charge is 0.375 e. The average Bonchev–Trinajstić information content (AvgIpc) is 2.92. The van der Waals surface area contributed by atoms with Gasteiger partial charge in [-0.25, -0.2) is 14.1 Å². The fraction of sp³-hybridized carbons (Fsp3) is 0.438. The van der Waals surface area contributed by atoms with Crippen molar-refractivity contribution in [3.63, 3.8) is 0 Å². The van der Waals surface area contributed by atoms with Crippen molar-refractivity contribution < 1.29 is 13.9 Å². The molecule has 1 aliphatic heterocycles. The summed E-state index contributed by atoms with van der Waals surface area (Å²) in [6.07, 6.45) is -0.00423. The van der Waals surface area contributed by atoms with Crippen LogP contribution in [0.5, 0.6) is 0 Å². The van der Waals surface area contributed by atoms with E-state index in [0.29, 0.717) is 24.7 Å². The molecule has 0 unspecified atom stereocenters. The molecule has 122 valence electrons. The number of aromatic nitrogens is 3. The lowest BCUT2D eigenvalue weighted by molar-refractivity contribution is -0.0391. The molecule has 1 amide bonds. The van der Waals surface area contributed by atoms with Crippen molar-refractivity contribution in [1.29, 1.82) is 0 Å². The summed E-state index contributed by atoms with van der Waals surface area (Å²) in [6.45, 7) is 6.66. The second-order valence-electron chi connectivity index (χ2n) is 5.82. The van der Waals surface area contributed by atoms with Gasteiger partial charge in [-0.05, 0) is 45.0 Å². The fourth-order valence-electron chi connectivity index (χ4n) is 2.62. The molecule has 1 aromatic heterocycles. The molecule has 0 spiro atoms. The monoisotopic (exact) mass is 318 g/mol. The standard InChI is InChI=1S/C16H19FN4O2/c1-10-9-23-11(2)8-20(10)16(22)15-18-12(3)21(19-15)14-6-4-13(17)5-7-14/h4-7,10-11H,8-9H2,1-3H3/t10-,11+/m0/s1. The van der Waals surface area contributed by atoms with Crippen LogP contribution in [0.25, 0.3) is 5.69 Å². The van der Waals surface area contributed by atoms with E-state index in [4.69, 9.17) is 4.74 Å². The van der Waals surface area contributed by atoms with Crippen molar-refractivity contribution in [3.8, 4) is 5.69 Å². The summed E-state index contributed by atoms with van der Waals surface area (Å²) in [5, 5.41) is 4.30. The first-order valence-corrected chi connectivity index (χ1v) is 7.58. The van der Waals surface area contributed by atoms with Crippen molar-refractivity contribution in [1.82, 2.24) is 19.7 Å². The lowest BCUT2D eigenvalue weighted by atomic mass is 10.2. The number of nitrogens with zero attached hydrogens (tertiary/aromatic N) is 4. The number of rotatable bonds is 2. The first kappa shape index (κ1) is 15.6. The summed E-state index contributed by atoms with van der Waals surface area (Å²) < 4.78 is 20.1. The molecule has 23 heavy (non-hydrogen) atoms. The van der Waals surface area contributed by atoms with Crippen LogP contribution in [0, 0.1) is 12.7 Å². The van der Waals surface area contributed by atoms with E-state index in [1.807, 2.05) is 13.8 Å². The van der Waals surface area contributed by atoms with Gasteiger partial charge in [-0.1, -0.05) is 0 Å². The Morgan fingerprint density at radius 3 is 2.70 bits per heavy atom. The van der Waals surface area contributed by atoms with Gasteiger partial charge in [0.15, 0.2) is 0 Å². The maximum absolute atomic E-state index is 13.0. The molecule has 6 nitrogen and oxygen atoms in total. The van der Waals surface area contributed by atoms with E-state index in [2.05, 4.69) is 10.1 Å². The third-order valence-corrected chi connectivity index (χ3v) is 3.90. The number of hydrogen-bond acceptors (Lipinski definition) is 4. The minimum Gasteiger partial charge on any atom is -0.375 e. The van der Waals surface area contributed by atoms with Crippen molar-refractivity contribution in [3.05, 3.63) is 41.7 Å². The topological polar surface area (TPSA) is 60.3 Å². The molecule has 0 aliphatic carbocycles. The molecule has 0 N–H and O–H groups in total. The Hall–Kier alpha value is -2.28. The maximum atomic E-state index is 13.0. The number of aryl methyl sites for hydroxylation is 1. The number of halogens is 1. The normalized spacial score (nSPS) is 21.5. The Kier molecular flexibility index (Phi) is 4.12. The van der Waals surface area contributed by atoms with Crippen molar-refractivity contribution in [2.24, 2.45) is 0 Å². The highest BCUT2D eigenvalue weighted by Gasteiger charge is 2.30. The molecule has 1 aliphatic rings. The van der Waals surface area contributed by atoms with E-state index < -0.39 is 0 Å². The second kappa shape index (κ2) is 6.08. The van der Waals surface area contributed by atoms with Gasteiger partial charge in [0.05, 0.1) is 24.4 Å². The highest BCUT2D eigenvalue weighted by molar-refractivity contribution is 5.90. The summed E-state index contributed by atoms with van der Waals surface area (Å²) in [4.78, 5) is 18.7. The van der Waals surface area contributed by atoms with Crippen LogP contribution >= 0.6 is 0 Å². The molecule has 7 heteroatoms. The molecule has 1 fully saturated rings. The van der Waals surface area contributed by atoms with Crippen molar-refractivity contribution in [2.75, 3.05) is 13.2 Å². The minimum atomic E-state index is -0.320. The van der Waals surface area contributed by atoms with Gasteiger partial charge in [-0.15, -0.1) is 5.10 Å². The molecule has 2 heterocycles. The highest BCUT2D eigenvalue weighted by atomic mass is 19.1. The van der Waals surface area contributed by atoms with Gasteiger partial charge in [-0.3, -0.25) is 4.79 Å². The minimum absolute atomic E-state index is 0.00423. The smallest absolute Gasteiger partial charge is 0.293 e. The van der Waals surface area contributed by atoms with E-state index in [-0.39, 0.29) is 29.7 Å². The van der Waals surface area contributed by atoms with Gasteiger partial charge in [0.25, 0.3) is 5.91 Å². The Morgan fingerprint density at radius 1 is 1.30 bits per heavy atom. The molecular formula is C16H19FN4O2. The first-order valence-electron chi connectivity index (χ1n) is 7.58. The Labute approximate surface area is 133 Å². The number of carbonyl (C=O) groups excluding carboxylic acids is 1. The van der Waals surface area contributed by atoms with Crippen LogP contribution in [0.2, 0.25) is 0 Å². The molecule has 0 radical (unpaired) electrons. The lowest BCUT2D eigenvalue weighted by Gasteiger charge is -2.36. The molecule has 1 aromatic carbocycles. The molecule has 0 bridgehead atoms. The third kappa shape index (κ3) is 3.10. The van der Waals surface area contributed by atoms with Gasteiger partial charge >= 0.3 is 0 Å². The predicted molar refractivity (Wildman–Crippen MR) is 82.0 cm³/mol. The number of hydrogen-bond donors (Lipinski definition) is 0. The Balaban J connectivity index is 1.88. The number of morpholine rings is 1. The number of amides is 1. The van der Waals surface area contributed by atoms with Gasteiger partial charge in [0.1, 0.15) is 11.6 Å². The molecule has 1 saturated heterocycles. The molecule has 0 saturated carbocycles. The summed E-state index contributed by atoms with van der Waals surface area (Å²) in [6, 6.07) is 5.89. The zero-order chi connectivity index (χ0) is 16.6. The molecule has 3 rings (SSSR count). The van der Waals surface area contributed by atoms with E-state index in [9.17, 15) is 9.18 Å². The predicted octanol–water partition coefficient (Wildman–Crippen LogP) is 1.96. The number of ether oxygens (including phenoxy) is 1. The Morgan fingerprint density at radius 2 is 2.00 bits per heavy atom. The van der Waals surface area contributed by atoms with Crippen LogP contribution in [0.1, 0.15) is 30.3 Å². The van der Waals surface area contributed by atoms with Gasteiger partial charge in [0, 0.05) is 6.54 Å². The summed E-state index contributed by atoms with van der Waals surface area (Å²) in [5.41, 5.74) is 0.666. The first-order chi connectivity index (χ1) is 11.0. The average molecular weight is 318 g/mol. The van der Waals surface area contributed by atoms with Gasteiger partial charge in [0.2, 0.25) is 5.82 Å². The summed E-state index contributed by atoms with van der Waals surface area (Å²) >= 11 is 0. The van der Waals surface area contributed by atoms with Gasteiger partial charge < -0.3 is 9.64 Å². The van der Waals surface area contributed by atoms with E-state index in [1.54, 1.807) is 28.6 Å². The van der Waals surface area contributed by atoms with Crippen LogP contribution in [0.15, 0.2) is 24.3 Å². The number of carbonyl (C=O) groups is 1. The van der Waals surface area contributed by atoms with E-state index in [1.165, 1.54) is 12.1 Å². The molecule has 2 atom stereocenters. The van der Waals surface area contributed by atoms with Crippen LogP contribution in [-0.2, 0) is 4.74 Å². The Bertz CT molecular complexity index is 713. The van der Waals surface area contributed by atoms with Crippen molar-refractivity contribution >= 4 is 5.91 Å². The van der Waals surface area contributed by atoms with Crippen LogP contribution in [0.3, 0.4) is 0 Å². The summed E-state index contributed by atoms with van der Waals surface area (Å²) in [5.74, 6) is 0.192. The van der Waals surface area contributed by atoms with E-state index >= 15 is 0 Å². The lowest BCUT2D eigenvalue weighted by Crippen LogP contribution is -2.50.